The minimum Gasteiger partial charge on any atom is -0.337 e. The summed E-state index contributed by atoms with van der Waals surface area (Å²) in [4.78, 5) is 31.5. The molecule has 31 heavy (non-hydrogen) atoms. The number of alkyl halides is 2. The number of fused-ring (bicyclic) bond motifs is 1. The van der Waals surface area contributed by atoms with Crippen molar-refractivity contribution in [3.8, 4) is 0 Å². The number of carbonyl (C=O) groups is 2. The number of aromatic amines is 1. The topological polar surface area (TPSA) is 86.9 Å². The summed E-state index contributed by atoms with van der Waals surface area (Å²) in [5.41, 5.74) is 2.10. The van der Waals surface area contributed by atoms with Gasteiger partial charge in [0.15, 0.2) is 5.82 Å². The average Bonchev–Trinajstić information content (AvgIpc) is 3.19. The molecule has 0 saturated heterocycles. The van der Waals surface area contributed by atoms with Gasteiger partial charge in [0.2, 0.25) is 0 Å². The molecule has 0 aliphatic heterocycles. The van der Waals surface area contributed by atoms with Gasteiger partial charge >= 0.3 is 0 Å². The second-order valence-electron chi connectivity index (χ2n) is 6.62. The minimum absolute atomic E-state index is 0.246. The lowest BCUT2D eigenvalue weighted by Gasteiger charge is -2.12. The van der Waals surface area contributed by atoms with Crippen LogP contribution in [0, 0.1) is 0 Å². The van der Waals surface area contributed by atoms with Gasteiger partial charge in [-0.2, -0.15) is 0 Å². The normalized spacial score (nSPS) is 11.0. The molecule has 156 valence electrons. The third-order valence-corrected chi connectivity index (χ3v) is 4.75. The molecular formula is C22H15ClF2N4O2. The lowest BCUT2D eigenvalue weighted by Crippen LogP contribution is -2.16. The summed E-state index contributed by atoms with van der Waals surface area (Å²) in [6.07, 6.45) is -2.74. The van der Waals surface area contributed by atoms with Gasteiger partial charge in [0.1, 0.15) is 0 Å². The molecular weight excluding hydrogens is 426 g/mol. The first-order chi connectivity index (χ1) is 14.9. The summed E-state index contributed by atoms with van der Waals surface area (Å²) in [6, 6.07) is 17.5. The molecule has 0 spiro atoms. The van der Waals surface area contributed by atoms with E-state index in [1.165, 1.54) is 18.2 Å². The number of para-hydroxylation sites is 2. The Morgan fingerprint density at radius 1 is 0.871 bits per heavy atom. The summed E-state index contributed by atoms with van der Waals surface area (Å²) < 4.78 is 25.7. The number of hydrogen-bond donors (Lipinski definition) is 3. The van der Waals surface area contributed by atoms with E-state index < -0.39 is 18.2 Å². The summed E-state index contributed by atoms with van der Waals surface area (Å²) in [7, 11) is 0. The number of imidazole rings is 1. The van der Waals surface area contributed by atoms with E-state index in [2.05, 4.69) is 20.6 Å². The van der Waals surface area contributed by atoms with E-state index in [1.54, 1.807) is 48.5 Å². The zero-order valence-electron chi connectivity index (χ0n) is 15.8. The van der Waals surface area contributed by atoms with Crippen LogP contribution >= 0.6 is 11.6 Å². The smallest absolute Gasteiger partial charge is 0.295 e. The molecule has 0 saturated carbocycles. The molecule has 4 rings (SSSR count). The highest BCUT2D eigenvalue weighted by Gasteiger charge is 2.16. The van der Waals surface area contributed by atoms with Crippen molar-refractivity contribution in [3.05, 3.63) is 88.7 Å². The Balaban J connectivity index is 1.54. The van der Waals surface area contributed by atoms with E-state index >= 15 is 0 Å². The van der Waals surface area contributed by atoms with Crippen molar-refractivity contribution in [1.29, 1.82) is 0 Å². The van der Waals surface area contributed by atoms with E-state index in [1.807, 2.05) is 0 Å². The summed E-state index contributed by atoms with van der Waals surface area (Å²) in [5.74, 6) is -1.29. The number of nitrogens with zero attached hydrogens (tertiary/aromatic N) is 1. The van der Waals surface area contributed by atoms with Crippen LogP contribution in [-0.2, 0) is 0 Å². The molecule has 1 heterocycles. The first-order valence-corrected chi connectivity index (χ1v) is 9.53. The number of hydrogen-bond acceptors (Lipinski definition) is 3. The third-order valence-electron chi connectivity index (χ3n) is 4.50. The lowest BCUT2D eigenvalue weighted by molar-refractivity contribution is 0.101. The maximum atomic E-state index is 12.8. The Bertz CT molecular complexity index is 1270. The second kappa shape index (κ2) is 8.53. The van der Waals surface area contributed by atoms with Crippen molar-refractivity contribution in [2.24, 2.45) is 0 Å². The molecule has 0 atom stereocenters. The Morgan fingerprint density at radius 3 is 2.06 bits per heavy atom. The van der Waals surface area contributed by atoms with Crippen LogP contribution in [0.15, 0.2) is 66.7 Å². The molecule has 0 unspecified atom stereocenters. The second-order valence-corrected chi connectivity index (χ2v) is 7.05. The standard InChI is InChI=1S/C22H15ClF2N4O2/c23-14-8-5-12(6-9-14)21(30)28-15-3-1-2-4-16(15)29-22(31)13-7-10-17-18(11-13)27-20(26-17)19(24)25/h1-11,19H,(H,26,27)(H,28,30)(H,29,31). The number of amides is 2. The van der Waals surface area contributed by atoms with Gasteiger partial charge in [-0.1, -0.05) is 23.7 Å². The molecule has 0 fully saturated rings. The number of carbonyl (C=O) groups excluding carboxylic acids is 2. The Morgan fingerprint density at radius 2 is 1.45 bits per heavy atom. The van der Waals surface area contributed by atoms with Crippen LogP contribution in [0.5, 0.6) is 0 Å². The fourth-order valence-corrected chi connectivity index (χ4v) is 3.09. The van der Waals surface area contributed by atoms with Crippen molar-refractivity contribution >= 4 is 45.8 Å². The van der Waals surface area contributed by atoms with Gasteiger partial charge in [-0.05, 0) is 54.6 Å². The zero-order chi connectivity index (χ0) is 22.0. The first-order valence-electron chi connectivity index (χ1n) is 9.16. The first kappa shape index (κ1) is 20.5. The van der Waals surface area contributed by atoms with Crippen LogP contribution in [0.1, 0.15) is 33.0 Å². The molecule has 4 aromatic rings. The van der Waals surface area contributed by atoms with Gasteiger partial charge in [-0.3, -0.25) is 9.59 Å². The zero-order valence-corrected chi connectivity index (χ0v) is 16.6. The largest absolute Gasteiger partial charge is 0.337 e. The Kier molecular flexibility index (Phi) is 5.64. The molecule has 0 bridgehead atoms. The highest BCUT2D eigenvalue weighted by atomic mass is 35.5. The third kappa shape index (κ3) is 4.54. The molecule has 6 nitrogen and oxygen atoms in total. The number of benzene rings is 3. The van der Waals surface area contributed by atoms with Gasteiger partial charge in [0.25, 0.3) is 18.2 Å². The number of rotatable bonds is 5. The van der Waals surface area contributed by atoms with Crippen LogP contribution in [0.2, 0.25) is 5.02 Å². The molecule has 1 aromatic heterocycles. The van der Waals surface area contributed by atoms with E-state index in [9.17, 15) is 18.4 Å². The molecule has 0 radical (unpaired) electrons. The minimum atomic E-state index is -2.74. The SMILES string of the molecule is O=C(Nc1ccccc1NC(=O)c1ccc2nc(C(F)F)[nH]c2c1)c1ccc(Cl)cc1. The number of aromatic nitrogens is 2. The summed E-state index contributed by atoms with van der Waals surface area (Å²) in [6.45, 7) is 0. The Hall–Kier alpha value is -3.78. The summed E-state index contributed by atoms with van der Waals surface area (Å²) >= 11 is 5.85. The fourth-order valence-electron chi connectivity index (χ4n) is 2.97. The highest BCUT2D eigenvalue weighted by molar-refractivity contribution is 6.30. The molecule has 3 N–H and O–H groups in total. The lowest BCUT2D eigenvalue weighted by atomic mass is 10.1. The maximum Gasteiger partial charge on any atom is 0.295 e. The van der Waals surface area contributed by atoms with Gasteiger partial charge in [-0.25, -0.2) is 13.8 Å². The molecule has 3 aromatic carbocycles. The van der Waals surface area contributed by atoms with Crippen molar-refractivity contribution < 1.29 is 18.4 Å². The average molecular weight is 441 g/mol. The van der Waals surface area contributed by atoms with E-state index in [0.29, 0.717) is 33.0 Å². The maximum absolute atomic E-state index is 12.8. The van der Waals surface area contributed by atoms with Crippen LogP contribution in [0.3, 0.4) is 0 Å². The molecule has 9 heteroatoms. The van der Waals surface area contributed by atoms with Gasteiger partial charge in [0, 0.05) is 16.1 Å². The van der Waals surface area contributed by atoms with Crippen molar-refractivity contribution in [2.45, 2.75) is 6.43 Å². The van der Waals surface area contributed by atoms with Crippen LogP contribution in [0.4, 0.5) is 20.2 Å². The number of halogens is 3. The van der Waals surface area contributed by atoms with E-state index in [-0.39, 0.29) is 11.5 Å². The van der Waals surface area contributed by atoms with Gasteiger partial charge < -0.3 is 15.6 Å². The van der Waals surface area contributed by atoms with Crippen LogP contribution < -0.4 is 10.6 Å². The molecule has 0 aliphatic rings. The number of anilines is 2. The van der Waals surface area contributed by atoms with E-state index in [4.69, 9.17) is 11.6 Å². The summed E-state index contributed by atoms with van der Waals surface area (Å²) in [5, 5.41) is 6.00. The predicted octanol–water partition coefficient (Wildman–Crippen LogP) is 5.66. The van der Waals surface area contributed by atoms with Gasteiger partial charge in [0.05, 0.1) is 22.4 Å². The van der Waals surface area contributed by atoms with Crippen LogP contribution in [0.25, 0.3) is 11.0 Å². The number of H-pyrrole nitrogens is 1. The van der Waals surface area contributed by atoms with Crippen molar-refractivity contribution in [2.75, 3.05) is 10.6 Å². The monoisotopic (exact) mass is 440 g/mol. The van der Waals surface area contributed by atoms with Crippen LogP contribution in [-0.4, -0.2) is 21.8 Å². The van der Waals surface area contributed by atoms with Crippen molar-refractivity contribution in [3.63, 3.8) is 0 Å². The fraction of sp³-hybridized carbons (Fsp3) is 0.0455. The number of nitrogens with one attached hydrogen (secondary N) is 3. The van der Waals surface area contributed by atoms with Crippen molar-refractivity contribution in [1.82, 2.24) is 9.97 Å². The van der Waals surface area contributed by atoms with Gasteiger partial charge in [-0.15, -0.1) is 0 Å². The highest BCUT2D eigenvalue weighted by Crippen LogP contribution is 2.24. The predicted molar refractivity (Wildman–Crippen MR) is 115 cm³/mol. The molecule has 2 amide bonds. The Labute approximate surface area is 180 Å². The molecule has 0 aliphatic carbocycles. The quantitative estimate of drug-likeness (QED) is 0.374. The van der Waals surface area contributed by atoms with E-state index in [0.717, 1.165) is 0 Å².